The van der Waals surface area contributed by atoms with Crippen LogP contribution in [-0.2, 0) is 0 Å². The van der Waals surface area contributed by atoms with Crippen LogP contribution in [0.5, 0.6) is 11.5 Å². The van der Waals surface area contributed by atoms with E-state index in [0.29, 0.717) is 41.9 Å². The number of benzene rings is 2. The van der Waals surface area contributed by atoms with Gasteiger partial charge in [-0.1, -0.05) is 38.1 Å². The first-order chi connectivity index (χ1) is 14.1. The van der Waals surface area contributed by atoms with E-state index in [9.17, 15) is 4.79 Å². The van der Waals surface area contributed by atoms with Crippen LogP contribution in [0.15, 0.2) is 60.8 Å². The lowest BCUT2D eigenvalue weighted by Crippen LogP contribution is -2.12. The molecule has 0 saturated carbocycles. The molecule has 5 nitrogen and oxygen atoms in total. The SMILES string of the molecule is CC(C)c1ccc(-c2ccc(C(=O)Nc3ccc4c(c3)OCCCO4)cn2)cc1. The molecule has 0 aliphatic carbocycles. The maximum Gasteiger partial charge on any atom is 0.257 e. The number of ether oxygens (including phenoxy) is 2. The predicted octanol–water partition coefficient (Wildman–Crippen LogP) is 5.29. The summed E-state index contributed by atoms with van der Waals surface area (Å²) in [4.78, 5) is 17.1. The standard InChI is InChI=1S/C24H24N2O3/c1-16(2)17-4-6-18(7-5-17)21-10-8-19(15-25-21)24(27)26-20-9-11-22-23(14-20)29-13-3-12-28-22/h4-11,14-16H,3,12-13H2,1-2H3,(H,26,27). The Kier molecular flexibility index (Phi) is 5.47. The van der Waals surface area contributed by atoms with Crippen LogP contribution in [0.2, 0.25) is 0 Å². The fourth-order valence-corrected chi connectivity index (χ4v) is 3.18. The Labute approximate surface area is 170 Å². The van der Waals surface area contributed by atoms with E-state index in [4.69, 9.17) is 9.47 Å². The summed E-state index contributed by atoms with van der Waals surface area (Å²) < 4.78 is 11.3. The van der Waals surface area contributed by atoms with Crippen LogP contribution in [0.3, 0.4) is 0 Å². The molecular weight excluding hydrogens is 364 g/mol. The van der Waals surface area contributed by atoms with E-state index in [1.807, 2.05) is 18.2 Å². The van der Waals surface area contributed by atoms with Gasteiger partial charge in [0.25, 0.3) is 5.91 Å². The number of pyridine rings is 1. The van der Waals surface area contributed by atoms with E-state index in [1.165, 1.54) is 5.56 Å². The molecule has 0 fully saturated rings. The van der Waals surface area contributed by atoms with E-state index >= 15 is 0 Å². The van der Waals surface area contributed by atoms with Crippen molar-refractivity contribution in [2.24, 2.45) is 0 Å². The zero-order chi connectivity index (χ0) is 20.2. The topological polar surface area (TPSA) is 60.5 Å². The van der Waals surface area contributed by atoms with Crippen molar-refractivity contribution >= 4 is 11.6 Å². The van der Waals surface area contributed by atoms with Gasteiger partial charge >= 0.3 is 0 Å². The summed E-state index contributed by atoms with van der Waals surface area (Å²) in [7, 11) is 0. The van der Waals surface area contributed by atoms with Crippen LogP contribution in [0.25, 0.3) is 11.3 Å². The molecule has 1 aliphatic rings. The number of carbonyl (C=O) groups is 1. The zero-order valence-corrected chi connectivity index (χ0v) is 16.6. The van der Waals surface area contributed by atoms with Crippen LogP contribution in [0.1, 0.15) is 42.1 Å². The first-order valence-corrected chi connectivity index (χ1v) is 9.87. The van der Waals surface area contributed by atoms with Gasteiger partial charge in [0.05, 0.1) is 24.5 Å². The van der Waals surface area contributed by atoms with Crippen molar-refractivity contribution in [1.82, 2.24) is 4.98 Å². The molecule has 2 heterocycles. The molecule has 0 atom stereocenters. The minimum absolute atomic E-state index is 0.214. The third kappa shape index (κ3) is 4.40. The number of rotatable bonds is 4. The molecule has 0 spiro atoms. The van der Waals surface area contributed by atoms with Crippen molar-refractivity contribution in [2.75, 3.05) is 18.5 Å². The second-order valence-electron chi connectivity index (χ2n) is 7.37. The maximum absolute atomic E-state index is 12.6. The molecule has 148 valence electrons. The van der Waals surface area contributed by atoms with Crippen LogP contribution < -0.4 is 14.8 Å². The average molecular weight is 388 g/mol. The van der Waals surface area contributed by atoms with Gasteiger partial charge in [0.15, 0.2) is 11.5 Å². The van der Waals surface area contributed by atoms with Crippen molar-refractivity contribution in [3.63, 3.8) is 0 Å². The number of hydrogen-bond acceptors (Lipinski definition) is 4. The molecule has 4 rings (SSSR count). The first-order valence-electron chi connectivity index (χ1n) is 9.87. The van der Waals surface area contributed by atoms with Crippen LogP contribution in [0.4, 0.5) is 5.69 Å². The van der Waals surface area contributed by atoms with E-state index < -0.39 is 0 Å². The van der Waals surface area contributed by atoms with Crippen molar-refractivity contribution in [3.8, 4) is 22.8 Å². The summed E-state index contributed by atoms with van der Waals surface area (Å²) in [6, 6.07) is 17.4. The van der Waals surface area contributed by atoms with Crippen molar-refractivity contribution < 1.29 is 14.3 Å². The summed E-state index contributed by atoms with van der Waals surface area (Å²) in [5.41, 5.74) is 4.32. The minimum atomic E-state index is -0.214. The molecule has 3 aromatic rings. The van der Waals surface area contributed by atoms with E-state index in [1.54, 1.807) is 18.3 Å². The summed E-state index contributed by atoms with van der Waals surface area (Å²) in [5, 5.41) is 2.89. The third-order valence-electron chi connectivity index (χ3n) is 4.90. The summed E-state index contributed by atoms with van der Waals surface area (Å²) in [6.07, 6.45) is 2.44. The van der Waals surface area contributed by atoms with Gasteiger partial charge in [-0.15, -0.1) is 0 Å². The van der Waals surface area contributed by atoms with Crippen molar-refractivity contribution in [2.45, 2.75) is 26.2 Å². The van der Waals surface area contributed by atoms with Crippen molar-refractivity contribution in [3.05, 3.63) is 71.9 Å². The van der Waals surface area contributed by atoms with Gasteiger partial charge in [-0.05, 0) is 35.7 Å². The number of fused-ring (bicyclic) bond motifs is 1. The average Bonchev–Trinajstić information content (AvgIpc) is 2.99. The second-order valence-corrected chi connectivity index (χ2v) is 7.37. The highest BCUT2D eigenvalue weighted by Crippen LogP contribution is 2.32. The second kappa shape index (κ2) is 8.35. The Morgan fingerprint density at radius 3 is 2.41 bits per heavy atom. The Morgan fingerprint density at radius 2 is 1.72 bits per heavy atom. The van der Waals surface area contributed by atoms with E-state index in [0.717, 1.165) is 17.7 Å². The van der Waals surface area contributed by atoms with Crippen LogP contribution in [0, 0.1) is 0 Å². The zero-order valence-electron chi connectivity index (χ0n) is 16.6. The molecule has 1 aliphatic heterocycles. The molecule has 1 aromatic heterocycles. The molecular formula is C24H24N2O3. The molecule has 29 heavy (non-hydrogen) atoms. The lowest BCUT2D eigenvalue weighted by Gasteiger charge is -2.11. The molecule has 1 amide bonds. The molecule has 2 aromatic carbocycles. The number of carbonyl (C=O) groups excluding carboxylic acids is 1. The number of anilines is 1. The Bertz CT molecular complexity index is 996. The van der Waals surface area contributed by atoms with E-state index in [-0.39, 0.29) is 5.91 Å². The quantitative estimate of drug-likeness (QED) is 0.660. The van der Waals surface area contributed by atoms with Crippen LogP contribution in [-0.4, -0.2) is 24.1 Å². The normalized spacial score (nSPS) is 13.1. The van der Waals surface area contributed by atoms with Gasteiger partial charge in [0.2, 0.25) is 0 Å². The Balaban J connectivity index is 1.46. The van der Waals surface area contributed by atoms with Gasteiger partial charge in [-0.3, -0.25) is 9.78 Å². The highest BCUT2D eigenvalue weighted by Gasteiger charge is 2.13. The Hall–Kier alpha value is -3.34. The van der Waals surface area contributed by atoms with Gasteiger partial charge in [-0.25, -0.2) is 0 Å². The summed E-state index contributed by atoms with van der Waals surface area (Å²) in [6.45, 7) is 5.58. The number of nitrogens with one attached hydrogen (secondary N) is 1. The predicted molar refractivity (Wildman–Crippen MR) is 114 cm³/mol. The van der Waals surface area contributed by atoms with Gasteiger partial charge in [-0.2, -0.15) is 0 Å². The number of nitrogens with zero attached hydrogens (tertiary/aromatic N) is 1. The largest absolute Gasteiger partial charge is 0.490 e. The fourth-order valence-electron chi connectivity index (χ4n) is 3.18. The summed E-state index contributed by atoms with van der Waals surface area (Å²) >= 11 is 0. The molecule has 0 radical (unpaired) electrons. The Morgan fingerprint density at radius 1 is 0.966 bits per heavy atom. The van der Waals surface area contributed by atoms with Gasteiger partial charge in [0, 0.05) is 29.9 Å². The lowest BCUT2D eigenvalue weighted by atomic mass is 10.0. The number of aromatic nitrogens is 1. The monoisotopic (exact) mass is 388 g/mol. The van der Waals surface area contributed by atoms with Crippen molar-refractivity contribution in [1.29, 1.82) is 0 Å². The molecule has 0 saturated heterocycles. The summed E-state index contributed by atoms with van der Waals surface area (Å²) in [5.74, 6) is 1.63. The minimum Gasteiger partial charge on any atom is -0.490 e. The first kappa shape index (κ1) is 19.0. The smallest absolute Gasteiger partial charge is 0.257 e. The van der Waals surface area contributed by atoms with Gasteiger partial charge < -0.3 is 14.8 Å². The molecule has 1 N–H and O–H groups in total. The number of amides is 1. The highest BCUT2D eigenvalue weighted by atomic mass is 16.5. The molecule has 0 unspecified atom stereocenters. The third-order valence-corrected chi connectivity index (χ3v) is 4.90. The maximum atomic E-state index is 12.6. The number of hydrogen-bond donors (Lipinski definition) is 1. The highest BCUT2D eigenvalue weighted by molar-refractivity contribution is 6.04. The molecule has 5 heteroatoms. The fraction of sp³-hybridized carbons (Fsp3) is 0.250. The molecule has 0 bridgehead atoms. The lowest BCUT2D eigenvalue weighted by molar-refractivity contribution is 0.102. The van der Waals surface area contributed by atoms with Gasteiger partial charge in [0.1, 0.15) is 0 Å². The van der Waals surface area contributed by atoms with Crippen LogP contribution >= 0.6 is 0 Å². The van der Waals surface area contributed by atoms with E-state index in [2.05, 4.69) is 48.4 Å².